The lowest BCUT2D eigenvalue weighted by molar-refractivity contribution is 0.436. The highest BCUT2D eigenvalue weighted by Gasteiger charge is 2.52. The summed E-state index contributed by atoms with van der Waals surface area (Å²) in [6.45, 7) is 3.88. The molecule has 10 rings (SSSR count). The number of allylic oxidation sites excluding steroid dienone is 2. The zero-order valence-corrected chi connectivity index (χ0v) is 30.3. The molecule has 1 heterocycles. The van der Waals surface area contributed by atoms with Crippen LogP contribution in [0.5, 0.6) is 11.5 Å². The van der Waals surface area contributed by atoms with E-state index in [0.29, 0.717) is 0 Å². The van der Waals surface area contributed by atoms with E-state index in [-0.39, 0.29) is 0 Å². The maximum absolute atomic E-state index is 6.76. The predicted octanol–water partition coefficient (Wildman–Crippen LogP) is 14.2. The first kappa shape index (κ1) is 32.5. The highest BCUT2D eigenvalue weighted by Crippen LogP contribution is 2.64. The zero-order chi connectivity index (χ0) is 36.8. The summed E-state index contributed by atoms with van der Waals surface area (Å²) in [6, 6.07) is 70.1. The Bertz CT molecular complexity index is 2750. The zero-order valence-electron chi connectivity index (χ0n) is 30.3. The van der Waals surface area contributed by atoms with E-state index in [4.69, 9.17) is 4.74 Å². The van der Waals surface area contributed by atoms with E-state index >= 15 is 0 Å². The first-order valence-corrected chi connectivity index (χ1v) is 18.8. The molecule has 2 heteroatoms. The molecule has 1 spiro atoms. The molecule has 1 unspecified atom stereocenters. The average molecular weight is 704 g/mol. The lowest BCUT2D eigenvalue weighted by Crippen LogP contribution is -2.32. The van der Waals surface area contributed by atoms with E-state index < -0.39 is 5.41 Å². The highest BCUT2D eigenvalue weighted by molar-refractivity contribution is 5.98. The summed E-state index contributed by atoms with van der Waals surface area (Å²) < 4.78 is 6.76. The number of benzene rings is 8. The molecule has 8 aromatic rings. The summed E-state index contributed by atoms with van der Waals surface area (Å²) in [5, 5.41) is 0. The van der Waals surface area contributed by atoms with Gasteiger partial charge in [0, 0.05) is 28.1 Å². The molecular weight excluding hydrogens is 667 g/mol. The third-order valence-corrected chi connectivity index (χ3v) is 11.1. The van der Waals surface area contributed by atoms with Gasteiger partial charge in [0.25, 0.3) is 0 Å². The molecule has 1 aliphatic heterocycles. The number of ether oxygens (including phenoxy) is 1. The molecule has 55 heavy (non-hydrogen) atoms. The topological polar surface area (TPSA) is 12.5 Å². The first-order valence-electron chi connectivity index (χ1n) is 18.8. The van der Waals surface area contributed by atoms with Crippen LogP contribution in [-0.4, -0.2) is 0 Å². The SMILES string of the molecule is C=C/C=C\c1ccc2c(c1)Oc1ccccc1C21c2ccccc2-c2c(N(c3ccc(-c4ccccc4)cc3)c3cccc(-c4ccccc4)c3)cccc21. The lowest BCUT2D eigenvalue weighted by atomic mass is 9.66. The lowest BCUT2D eigenvalue weighted by Gasteiger charge is -2.39. The monoisotopic (exact) mass is 703 g/mol. The van der Waals surface area contributed by atoms with Gasteiger partial charge in [0.2, 0.25) is 0 Å². The fraction of sp³-hybridized carbons (Fsp3) is 0.0189. The van der Waals surface area contributed by atoms with Crippen LogP contribution in [0.25, 0.3) is 39.5 Å². The molecule has 8 aromatic carbocycles. The van der Waals surface area contributed by atoms with Crippen LogP contribution in [0, 0.1) is 0 Å². The van der Waals surface area contributed by atoms with Crippen molar-refractivity contribution in [1.29, 1.82) is 0 Å². The van der Waals surface area contributed by atoms with E-state index in [1.165, 1.54) is 44.5 Å². The van der Waals surface area contributed by atoms with E-state index in [1.807, 2.05) is 6.08 Å². The Hall–Kier alpha value is -7.16. The largest absolute Gasteiger partial charge is 0.457 e. The summed E-state index contributed by atoms with van der Waals surface area (Å²) in [5.41, 5.74) is 15.7. The smallest absolute Gasteiger partial charge is 0.132 e. The molecule has 0 saturated carbocycles. The summed E-state index contributed by atoms with van der Waals surface area (Å²) in [4.78, 5) is 2.44. The van der Waals surface area contributed by atoms with Gasteiger partial charge in [-0.3, -0.25) is 0 Å². The van der Waals surface area contributed by atoms with Gasteiger partial charge < -0.3 is 9.64 Å². The minimum atomic E-state index is -0.596. The molecule has 0 amide bonds. The Balaban J connectivity index is 1.24. The number of para-hydroxylation sites is 1. The van der Waals surface area contributed by atoms with Gasteiger partial charge in [-0.15, -0.1) is 0 Å². The molecule has 1 atom stereocenters. The van der Waals surface area contributed by atoms with Crippen LogP contribution in [0.1, 0.15) is 27.8 Å². The molecule has 0 saturated heterocycles. The molecule has 260 valence electrons. The fourth-order valence-electron chi connectivity index (χ4n) is 8.74. The van der Waals surface area contributed by atoms with E-state index in [1.54, 1.807) is 6.08 Å². The normalized spacial score (nSPS) is 14.8. The maximum atomic E-state index is 6.76. The Labute approximate surface area is 322 Å². The number of hydrogen-bond acceptors (Lipinski definition) is 2. The van der Waals surface area contributed by atoms with Crippen LogP contribution < -0.4 is 9.64 Å². The standard InChI is InChI=1S/C53H37NO/c1-2-3-16-37-29-34-47-51(35-37)55-50-28-13-12-25-46(50)53(47)45-24-11-10-23-44(45)52-48(53)26-15-27-49(52)54(42-32-30-40(31-33-42)38-17-6-4-7-18-38)43-22-14-21-41(36-43)39-19-8-5-9-20-39/h2-36H,1H2/b16-3-. The van der Waals surface area contributed by atoms with E-state index in [9.17, 15) is 0 Å². The Kier molecular flexibility index (Phi) is 7.89. The van der Waals surface area contributed by atoms with Crippen LogP contribution in [0.15, 0.2) is 213 Å². The second kappa shape index (κ2) is 13.4. The fourth-order valence-corrected chi connectivity index (χ4v) is 8.74. The minimum absolute atomic E-state index is 0.596. The van der Waals surface area contributed by atoms with Gasteiger partial charge in [-0.25, -0.2) is 0 Å². The van der Waals surface area contributed by atoms with Crippen molar-refractivity contribution >= 4 is 23.1 Å². The second-order valence-corrected chi connectivity index (χ2v) is 14.1. The number of rotatable bonds is 7. The van der Waals surface area contributed by atoms with Crippen LogP contribution in [0.3, 0.4) is 0 Å². The van der Waals surface area contributed by atoms with Crippen molar-refractivity contribution in [3.05, 3.63) is 241 Å². The minimum Gasteiger partial charge on any atom is -0.457 e. The number of hydrogen-bond donors (Lipinski definition) is 0. The Morgan fingerprint density at radius 3 is 1.85 bits per heavy atom. The molecule has 0 radical (unpaired) electrons. The molecule has 0 aromatic heterocycles. The van der Waals surface area contributed by atoms with Crippen LogP contribution in [0.2, 0.25) is 0 Å². The molecule has 0 N–H and O–H groups in total. The number of fused-ring (bicyclic) bond motifs is 9. The Morgan fingerprint density at radius 1 is 0.455 bits per heavy atom. The van der Waals surface area contributed by atoms with Crippen molar-refractivity contribution in [1.82, 2.24) is 0 Å². The van der Waals surface area contributed by atoms with Crippen molar-refractivity contribution in [2.24, 2.45) is 0 Å². The van der Waals surface area contributed by atoms with Crippen LogP contribution in [-0.2, 0) is 5.41 Å². The van der Waals surface area contributed by atoms with Gasteiger partial charge in [0.05, 0.1) is 11.1 Å². The molecule has 0 fully saturated rings. The van der Waals surface area contributed by atoms with Crippen molar-refractivity contribution in [3.63, 3.8) is 0 Å². The van der Waals surface area contributed by atoms with Crippen molar-refractivity contribution in [2.75, 3.05) is 4.90 Å². The molecular formula is C53H37NO. The summed E-state index contributed by atoms with van der Waals surface area (Å²) in [6.07, 6.45) is 5.84. The average Bonchev–Trinajstić information content (AvgIpc) is 3.55. The van der Waals surface area contributed by atoms with E-state index in [0.717, 1.165) is 45.3 Å². The van der Waals surface area contributed by atoms with Crippen LogP contribution in [0.4, 0.5) is 17.1 Å². The molecule has 1 aliphatic carbocycles. The highest BCUT2D eigenvalue weighted by atomic mass is 16.5. The third-order valence-electron chi connectivity index (χ3n) is 11.1. The summed E-state index contributed by atoms with van der Waals surface area (Å²) in [7, 11) is 0. The van der Waals surface area contributed by atoms with Crippen molar-refractivity contribution in [2.45, 2.75) is 5.41 Å². The van der Waals surface area contributed by atoms with Gasteiger partial charge >= 0.3 is 0 Å². The van der Waals surface area contributed by atoms with Crippen LogP contribution >= 0.6 is 0 Å². The van der Waals surface area contributed by atoms with Gasteiger partial charge in [0.1, 0.15) is 11.5 Å². The predicted molar refractivity (Wildman–Crippen MR) is 229 cm³/mol. The Morgan fingerprint density at radius 2 is 1.07 bits per heavy atom. The quantitative estimate of drug-likeness (QED) is 0.153. The van der Waals surface area contributed by atoms with Gasteiger partial charge in [0.15, 0.2) is 0 Å². The third kappa shape index (κ3) is 5.26. The molecule has 2 aliphatic rings. The van der Waals surface area contributed by atoms with E-state index in [2.05, 4.69) is 212 Å². The second-order valence-electron chi connectivity index (χ2n) is 14.1. The number of nitrogens with zero attached hydrogens (tertiary/aromatic N) is 1. The molecule has 2 nitrogen and oxygen atoms in total. The van der Waals surface area contributed by atoms with Crippen molar-refractivity contribution < 1.29 is 4.74 Å². The number of anilines is 3. The van der Waals surface area contributed by atoms with Gasteiger partial charge in [-0.1, -0.05) is 176 Å². The summed E-state index contributed by atoms with van der Waals surface area (Å²) >= 11 is 0. The van der Waals surface area contributed by atoms with Crippen molar-refractivity contribution in [3.8, 4) is 44.9 Å². The van der Waals surface area contributed by atoms with Gasteiger partial charge in [-0.05, 0) is 87.0 Å². The van der Waals surface area contributed by atoms with Gasteiger partial charge in [-0.2, -0.15) is 0 Å². The molecule has 0 bridgehead atoms. The first-order chi connectivity index (χ1) is 27.2. The summed E-state index contributed by atoms with van der Waals surface area (Å²) in [5.74, 6) is 1.73. The maximum Gasteiger partial charge on any atom is 0.132 e.